The van der Waals surface area contributed by atoms with Gasteiger partial charge in [0.15, 0.2) is 0 Å². The fourth-order valence-electron chi connectivity index (χ4n) is 1.27. The second-order valence-electron chi connectivity index (χ2n) is 3.27. The number of halogens is 2. The van der Waals surface area contributed by atoms with Crippen molar-refractivity contribution in [2.75, 3.05) is 0 Å². The van der Waals surface area contributed by atoms with Crippen LogP contribution in [0, 0.1) is 5.82 Å². The van der Waals surface area contributed by atoms with E-state index in [0.29, 0.717) is 16.6 Å². The van der Waals surface area contributed by atoms with E-state index in [4.69, 9.17) is 0 Å². The summed E-state index contributed by atoms with van der Waals surface area (Å²) in [6.45, 7) is 0.424. The molecule has 1 N–H and O–H groups in total. The Hall–Kier alpha value is -1.27. The standard InChI is InChI=1S/C11H8BrFN2OS/c12-10-3-7(13)1-2-9(10)11(16)15-5-8-4-14-6-17-8/h1-4,6H,5H2,(H,15,16). The molecule has 0 spiro atoms. The summed E-state index contributed by atoms with van der Waals surface area (Å²) in [5.74, 6) is -0.624. The van der Waals surface area contributed by atoms with E-state index in [2.05, 4.69) is 26.2 Å². The van der Waals surface area contributed by atoms with Crippen LogP contribution in [0.15, 0.2) is 34.4 Å². The van der Waals surface area contributed by atoms with Crippen LogP contribution in [0.25, 0.3) is 0 Å². The molecule has 3 nitrogen and oxygen atoms in total. The maximum Gasteiger partial charge on any atom is 0.252 e. The highest BCUT2D eigenvalue weighted by atomic mass is 79.9. The molecule has 0 aliphatic heterocycles. The Bertz CT molecular complexity index is 530. The molecular weight excluding hydrogens is 307 g/mol. The number of aromatic nitrogens is 1. The third kappa shape index (κ3) is 3.10. The Morgan fingerprint density at radius 2 is 2.35 bits per heavy atom. The number of hydrogen-bond acceptors (Lipinski definition) is 3. The smallest absolute Gasteiger partial charge is 0.252 e. The van der Waals surface area contributed by atoms with Crippen LogP contribution in [0.5, 0.6) is 0 Å². The number of benzene rings is 1. The van der Waals surface area contributed by atoms with E-state index in [1.165, 1.54) is 29.5 Å². The van der Waals surface area contributed by atoms with E-state index >= 15 is 0 Å². The zero-order valence-corrected chi connectivity index (χ0v) is 11.0. The maximum atomic E-state index is 12.9. The van der Waals surface area contributed by atoms with Gasteiger partial charge in [-0.2, -0.15) is 0 Å². The first-order valence-corrected chi connectivity index (χ1v) is 6.44. The average Bonchev–Trinajstić information content (AvgIpc) is 2.78. The fourth-order valence-corrected chi connectivity index (χ4v) is 2.33. The summed E-state index contributed by atoms with van der Waals surface area (Å²) in [4.78, 5) is 16.7. The van der Waals surface area contributed by atoms with Gasteiger partial charge in [0.25, 0.3) is 5.91 Å². The predicted molar refractivity (Wildman–Crippen MR) is 67.4 cm³/mol. The van der Waals surface area contributed by atoms with E-state index in [1.807, 2.05) is 0 Å². The van der Waals surface area contributed by atoms with Crippen molar-refractivity contribution in [3.63, 3.8) is 0 Å². The minimum atomic E-state index is -0.379. The molecule has 2 rings (SSSR count). The number of hydrogen-bond donors (Lipinski definition) is 1. The summed E-state index contributed by atoms with van der Waals surface area (Å²) in [5, 5.41) is 2.74. The van der Waals surface area contributed by atoms with E-state index in [9.17, 15) is 9.18 Å². The largest absolute Gasteiger partial charge is 0.347 e. The summed E-state index contributed by atoms with van der Waals surface area (Å²) in [6.07, 6.45) is 1.70. The number of amides is 1. The molecule has 1 heterocycles. The maximum absolute atomic E-state index is 12.9. The molecule has 1 aromatic carbocycles. The lowest BCUT2D eigenvalue weighted by atomic mass is 10.2. The Labute approximate surface area is 110 Å². The minimum Gasteiger partial charge on any atom is -0.347 e. The Morgan fingerprint density at radius 3 is 3.00 bits per heavy atom. The minimum absolute atomic E-state index is 0.245. The number of carbonyl (C=O) groups excluding carboxylic acids is 1. The summed E-state index contributed by atoms with van der Waals surface area (Å²) in [7, 11) is 0. The lowest BCUT2D eigenvalue weighted by Crippen LogP contribution is -2.22. The number of nitrogens with zero attached hydrogens (tertiary/aromatic N) is 1. The SMILES string of the molecule is O=C(NCc1cncs1)c1ccc(F)cc1Br. The Morgan fingerprint density at radius 1 is 1.53 bits per heavy atom. The molecular formula is C11H8BrFN2OS. The quantitative estimate of drug-likeness (QED) is 0.946. The van der Waals surface area contributed by atoms with Crippen molar-refractivity contribution in [1.29, 1.82) is 0 Å². The van der Waals surface area contributed by atoms with Crippen molar-refractivity contribution in [3.05, 3.63) is 50.6 Å². The molecule has 0 aliphatic carbocycles. The first kappa shape index (κ1) is 12.2. The van der Waals surface area contributed by atoms with Gasteiger partial charge >= 0.3 is 0 Å². The van der Waals surface area contributed by atoms with E-state index in [1.54, 1.807) is 11.7 Å². The van der Waals surface area contributed by atoms with E-state index in [-0.39, 0.29) is 11.7 Å². The number of nitrogens with one attached hydrogen (secondary N) is 1. The third-order valence-electron chi connectivity index (χ3n) is 2.08. The van der Waals surface area contributed by atoms with Crippen molar-refractivity contribution < 1.29 is 9.18 Å². The molecule has 0 unspecified atom stereocenters. The van der Waals surface area contributed by atoms with Crippen LogP contribution in [0.4, 0.5) is 4.39 Å². The predicted octanol–water partition coefficient (Wildman–Crippen LogP) is 2.97. The second kappa shape index (κ2) is 5.37. The normalized spacial score (nSPS) is 10.2. The van der Waals surface area contributed by atoms with Gasteiger partial charge in [0.2, 0.25) is 0 Å². The van der Waals surface area contributed by atoms with Crippen molar-refractivity contribution in [3.8, 4) is 0 Å². The van der Waals surface area contributed by atoms with Crippen LogP contribution in [0.2, 0.25) is 0 Å². The summed E-state index contributed by atoms with van der Waals surface area (Å²) >= 11 is 4.63. The first-order valence-electron chi connectivity index (χ1n) is 4.77. The molecule has 0 saturated heterocycles. The molecule has 0 aliphatic rings. The van der Waals surface area contributed by atoms with Gasteiger partial charge in [-0.1, -0.05) is 0 Å². The monoisotopic (exact) mass is 314 g/mol. The molecule has 0 saturated carbocycles. The van der Waals surface area contributed by atoms with Gasteiger partial charge in [-0.3, -0.25) is 9.78 Å². The molecule has 0 fully saturated rings. The van der Waals surface area contributed by atoms with Crippen LogP contribution >= 0.6 is 27.3 Å². The van der Waals surface area contributed by atoms with Gasteiger partial charge in [0, 0.05) is 15.5 Å². The molecule has 2 aromatic rings. The van der Waals surface area contributed by atoms with E-state index < -0.39 is 0 Å². The van der Waals surface area contributed by atoms with Crippen molar-refractivity contribution in [2.45, 2.75) is 6.54 Å². The highest BCUT2D eigenvalue weighted by Gasteiger charge is 2.10. The number of carbonyl (C=O) groups is 1. The van der Waals surface area contributed by atoms with Crippen LogP contribution < -0.4 is 5.32 Å². The molecule has 0 atom stereocenters. The average molecular weight is 315 g/mol. The topological polar surface area (TPSA) is 42.0 Å². The molecule has 17 heavy (non-hydrogen) atoms. The third-order valence-corrected chi connectivity index (χ3v) is 3.52. The van der Waals surface area contributed by atoms with Gasteiger partial charge < -0.3 is 5.32 Å². The van der Waals surface area contributed by atoms with Gasteiger partial charge in [-0.15, -0.1) is 11.3 Å². The molecule has 0 bridgehead atoms. The van der Waals surface area contributed by atoms with Crippen LogP contribution in [-0.2, 0) is 6.54 Å². The van der Waals surface area contributed by atoms with Crippen molar-refractivity contribution in [1.82, 2.24) is 10.3 Å². The highest BCUT2D eigenvalue weighted by molar-refractivity contribution is 9.10. The molecule has 88 valence electrons. The van der Waals surface area contributed by atoms with Crippen LogP contribution in [-0.4, -0.2) is 10.9 Å². The molecule has 1 aromatic heterocycles. The molecule has 6 heteroatoms. The number of thiazole rings is 1. The lowest BCUT2D eigenvalue weighted by Gasteiger charge is -2.05. The van der Waals surface area contributed by atoms with Gasteiger partial charge in [0.1, 0.15) is 5.82 Å². The van der Waals surface area contributed by atoms with E-state index in [0.717, 1.165) is 4.88 Å². The Balaban J connectivity index is 2.04. The van der Waals surface area contributed by atoms with Crippen molar-refractivity contribution in [2.24, 2.45) is 0 Å². The lowest BCUT2D eigenvalue weighted by molar-refractivity contribution is 0.0950. The molecule has 1 amide bonds. The zero-order chi connectivity index (χ0) is 12.3. The van der Waals surface area contributed by atoms with Gasteiger partial charge in [-0.25, -0.2) is 4.39 Å². The summed E-state index contributed by atoms with van der Waals surface area (Å²) in [6, 6.07) is 3.97. The van der Waals surface area contributed by atoms with Gasteiger partial charge in [-0.05, 0) is 34.1 Å². The second-order valence-corrected chi connectivity index (χ2v) is 5.10. The number of rotatable bonds is 3. The first-order chi connectivity index (χ1) is 8.16. The summed E-state index contributed by atoms with van der Waals surface area (Å²) < 4.78 is 13.3. The van der Waals surface area contributed by atoms with Crippen LogP contribution in [0.3, 0.4) is 0 Å². The fraction of sp³-hybridized carbons (Fsp3) is 0.0909. The van der Waals surface area contributed by atoms with Gasteiger partial charge in [0.05, 0.1) is 17.6 Å². The summed E-state index contributed by atoms with van der Waals surface area (Å²) in [5.41, 5.74) is 2.12. The van der Waals surface area contributed by atoms with Crippen molar-refractivity contribution >= 4 is 33.2 Å². The van der Waals surface area contributed by atoms with Crippen LogP contribution in [0.1, 0.15) is 15.2 Å². The zero-order valence-electron chi connectivity index (χ0n) is 8.61. The highest BCUT2D eigenvalue weighted by Crippen LogP contribution is 2.18. The molecule has 0 radical (unpaired) electrons. The Kier molecular flexibility index (Phi) is 3.86.